The molecular formula is F2MgSZn. The monoisotopic (exact) mass is 158 g/mol. The van der Waals surface area contributed by atoms with Gasteiger partial charge in [0.25, 0.3) is 0 Å². The first-order chi connectivity index (χ1) is 2.41. The van der Waals surface area contributed by atoms with Crippen LogP contribution in [0.4, 0.5) is 5.91 Å². The van der Waals surface area contributed by atoms with Crippen LogP contribution in [0.5, 0.6) is 0 Å². The van der Waals surface area contributed by atoms with E-state index in [0.29, 0.717) is 0 Å². The van der Waals surface area contributed by atoms with Gasteiger partial charge < -0.3 is 5.91 Å². The average Bonchev–Trinajstić information content (AvgIpc) is 1.46. The minimum atomic E-state index is -2.58. The fourth-order valence-electron chi connectivity index (χ4n) is 0. The van der Waals surface area contributed by atoms with Crippen molar-refractivity contribution in [1.82, 2.24) is 0 Å². The van der Waals surface area contributed by atoms with Gasteiger partial charge in [0, 0.05) is 0 Å². The predicted octanol–water partition coefficient (Wildman–Crippen LogP) is 1.11. The number of halogens is 2. The van der Waals surface area contributed by atoms with Crippen molar-refractivity contribution < 1.29 is 22.5 Å². The first-order valence-corrected chi connectivity index (χ1v) is 6.10. The third-order valence-electron chi connectivity index (χ3n) is 0. The van der Waals surface area contributed by atoms with Crippen LogP contribution in [-0.4, -0.2) is 21.5 Å². The summed E-state index contributed by atoms with van der Waals surface area (Å²) in [6.45, 7) is 0. The van der Waals surface area contributed by atoms with Gasteiger partial charge in [-0.2, -0.15) is 0 Å². The Morgan fingerprint density at radius 2 is 1.40 bits per heavy atom. The molecule has 0 N–H and O–H groups in total. The molecule has 0 aromatic rings. The van der Waals surface area contributed by atoms with Gasteiger partial charge in [0.15, 0.2) is 0 Å². The van der Waals surface area contributed by atoms with E-state index in [-0.39, 0.29) is 0 Å². The van der Waals surface area contributed by atoms with E-state index in [1.54, 1.807) is 0 Å². The molecule has 0 nitrogen and oxygen atoms in total. The normalized spacial score (nSPS) is 3.20. The third kappa shape index (κ3) is 30.5. The molecule has 0 spiro atoms. The molecule has 0 fully saturated rings. The Hall–Kier alpha value is 1.47. The van der Waals surface area contributed by atoms with Crippen molar-refractivity contribution in [2.45, 2.75) is 0 Å². The van der Waals surface area contributed by atoms with Crippen molar-refractivity contribution in [3.63, 3.8) is 0 Å². The van der Waals surface area contributed by atoms with Gasteiger partial charge in [0.05, 0.1) is 0 Å². The Labute approximate surface area is 53.8 Å². The van der Waals surface area contributed by atoms with Gasteiger partial charge in [-0.25, -0.2) is 0 Å². The van der Waals surface area contributed by atoms with Gasteiger partial charge in [-0.1, -0.05) is 0 Å². The van der Waals surface area contributed by atoms with Crippen LogP contribution in [0, 0.1) is 0 Å². The summed E-state index contributed by atoms with van der Waals surface area (Å²) in [7, 11) is 4.21. The van der Waals surface area contributed by atoms with Crippen molar-refractivity contribution in [2.75, 3.05) is 0 Å². The quantitative estimate of drug-likeness (QED) is 0.478. The molecule has 0 aliphatic rings. The molecular weight excluding hydrogens is 160 g/mol. The zero-order chi connectivity index (χ0) is 4.71. The molecule has 0 aliphatic carbocycles. The molecule has 0 saturated heterocycles. The SMILES string of the molecule is [F][Mg][F].[S]=[Zn]. The summed E-state index contributed by atoms with van der Waals surface area (Å²) in [5.74, 6) is 0. The van der Waals surface area contributed by atoms with E-state index in [2.05, 4.69) is 10.1 Å². The molecule has 0 aromatic heterocycles. The van der Waals surface area contributed by atoms with Gasteiger partial charge in [-0.05, 0) is 0 Å². The van der Waals surface area contributed by atoms with Crippen LogP contribution in [0.25, 0.3) is 0 Å². The Balaban J connectivity index is 0. The summed E-state index contributed by atoms with van der Waals surface area (Å²) in [6.07, 6.45) is 0. The van der Waals surface area contributed by atoms with Crippen molar-refractivity contribution >= 4 is 31.6 Å². The summed E-state index contributed by atoms with van der Waals surface area (Å²) in [6, 6.07) is 0. The van der Waals surface area contributed by atoms with Crippen LogP contribution in [0.15, 0.2) is 0 Å². The minimum absolute atomic E-state index is 0.958. The molecule has 0 atom stereocenters. The topological polar surface area (TPSA) is 0 Å². The van der Waals surface area contributed by atoms with E-state index in [4.69, 9.17) is 0 Å². The predicted molar refractivity (Wildman–Crippen MR) is 15.6 cm³/mol. The maximum atomic E-state index is 9.76. The molecule has 0 radical (unpaired) electrons. The molecule has 24 valence electrons. The van der Waals surface area contributed by atoms with Crippen LogP contribution in [0.2, 0.25) is 0 Å². The number of rotatable bonds is 0. The second kappa shape index (κ2) is 17.9. The zero-order valence-electron chi connectivity index (χ0n) is 2.58. The Bertz CT molecular complexity index is 13.6. The Morgan fingerprint density at radius 3 is 1.40 bits per heavy atom. The summed E-state index contributed by atoms with van der Waals surface area (Å²) in [5.41, 5.74) is 0. The summed E-state index contributed by atoms with van der Waals surface area (Å²) in [5, 5.41) is 0. The van der Waals surface area contributed by atoms with E-state index in [1.807, 2.05) is 0 Å². The fraction of sp³-hybridized carbons (Fsp3) is 0. The van der Waals surface area contributed by atoms with Crippen LogP contribution < -0.4 is 0 Å². The van der Waals surface area contributed by atoms with E-state index in [9.17, 15) is 5.91 Å². The molecule has 0 bridgehead atoms. The van der Waals surface area contributed by atoms with E-state index < -0.39 is 21.5 Å². The van der Waals surface area contributed by atoms with E-state index in [1.165, 1.54) is 0 Å². The van der Waals surface area contributed by atoms with Crippen LogP contribution in [0.1, 0.15) is 0 Å². The summed E-state index contributed by atoms with van der Waals surface area (Å²) in [4.78, 5) is 0. The molecule has 5 heteroatoms. The van der Waals surface area contributed by atoms with Crippen molar-refractivity contribution in [1.29, 1.82) is 0 Å². The van der Waals surface area contributed by atoms with Crippen molar-refractivity contribution in [3.05, 3.63) is 0 Å². The van der Waals surface area contributed by atoms with E-state index >= 15 is 0 Å². The van der Waals surface area contributed by atoms with Crippen LogP contribution in [0.3, 0.4) is 0 Å². The van der Waals surface area contributed by atoms with Gasteiger partial charge in [-0.15, -0.1) is 0 Å². The fourth-order valence-corrected chi connectivity index (χ4v) is 0. The molecule has 0 saturated carbocycles. The zero-order valence-corrected chi connectivity index (χ0v) is 7.78. The maximum absolute atomic E-state index is 9.76. The number of hydrogen-bond acceptors (Lipinski definition) is 1. The van der Waals surface area contributed by atoms with Gasteiger partial charge >= 0.3 is 48.2 Å². The van der Waals surface area contributed by atoms with E-state index in [0.717, 1.165) is 16.6 Å². The first kappa shape index (κ1) is 9.69. The van der Waals surface area contributed by atoms with Crippen molar-refractivity contribution in [3.8, 4) is 0 Å². The molecule has 0 heterocycles. The van der Waals surface area contributed by atoms with Crippen LogP contribution in [-0.2, 0) is 16.6 Å². The van der Waals surface area contributed by atoms with Gasteiger partial charge in [0.2, 0.25) is 0 Å². The summed E-state index contributed by atoms with van der Waals surface area (Å²) >= 11 is -1.62. The number of hydrogen-bond donors (Lipinski definition) is 0. The van der Waals surface area contributed by atoms with Gasteiger partial charge in [-0.3, -0.25) is 0 Å². The Kier molecular flexibility index (Phi) is 34.7. The molecule has 5 heavy (non-hydrogen) atoms. The average molecular weight is 160 g/mol. The molecule has 0 aromatic carbocycles. The molecule has 0 aliphatic heterocycles. The van der Waals surface area contributed by atoms with Gasteiger partial charge in [0.1, 0.15) is 0 Å². The second-order valence-electron chi connectivity index (χ2n) is 0.101. The third-order valence-corrected chi connectivity index (χ3v) is 0. The molecule has 0 unspecified atom stereocenters. The molecule has 0 rings (SSSR count). The molecule has 0 amide bonds. The summed E-state index contributed by atoms with van der Waals surface area (Å²) < 4.78 is 19.5. The van der Waals surface area contributed by atoms with Crippen molar-refractivity contribution in [2.24, 2.45) is 0 Å². The first-order valence-electron chi connectivity index (χ1n) is 0.823. The van der Waals surface area contributed by atoms with Crippen LogP contribution >= 0.6 is 10.1 Å². The standard InChI is InChI=1S/2FH.Mg.S.Zn/h2*1H;;;/q;;+2;;/p-2. The second-order valence-corrected chi connectivity index (χ2v) is 0.303. The Morgan fingerprint density at radius 1 is 1.40 bits per heavy atom.